The quantitative estimate of drug-likeness (QED) is 0.866. The molecule has 1 amide bonds. The maximum absolute atomic E-state index is 13.5. The van der Waals surface area contributed by atoms with E-state index < -0.39 is 36.7 Å². The lowest BCUT2D eigenvalue weighted by Crippen LogP contribution is -2.41. The van der Waals surface area contributed by atoms with Crippen LogP contribution in [0, 0.1) is 5.82 Å². The molecule has 0 saturated carbocycles. The molecule has 1 aliphatic rings. The normalized spacial score (nSPS) is 20.3. The van der Waals surface area contributed by atoms with Crippen LogP contribution < -0.4 is 15.4 Å². The van der Waals surface area contributed by atoms with Crippen LogP contribution in [0.5, 0.6) is 5.75 Å². The van der Waals surface area contributed by atoms with Gasteiger partial charge in [0.05, 0.1) is 19.7 Å². The molecule has 1 fully saturated rings. The van der Waals surface area contributed by atoms with Gasteiger partial charge in [-0.1, -0.05) is 6.07 Å². The van der Waals surface area contributed by atoms with Gasteiger partial charge in [0.15, 0.2) is 11.6 Å². The first-order valence-corrected chi connectivity index (χ1v) is 6.62. The van der Waals surface area contributed by atoms with E-state index in [1.807, 2.05) is 0 Å². The molecular formula is C14H17F3N2O2. The Morgan fingerprint density at radius 1 is 1.52 bits per heavy atom. The van der Waals surface area contributed by atoms with Gasteiger partial charge in [0.1, 0.15) is 0 Å². The van der Waals surface area contributed by atoms with E-state index in [1.165, 1.54) is 19.2 Å². The van der Waals surface area contributed by atoms with Gasteiger partial charge in [-0.2, -0.15) is 0 Å². The summed E-state index contributed by atoms with van der Waals surface area (Å²) >= 11 is 0. The van der Waals surface area contributed by atoms with E-state index in [4.69, 9.17) is 4.74 Å². The van der Waals surface area contributed by atoms with Gasteiger partial charge in [0, 0.05) is 13.0 Å². The Balaban J connectivity index is 1.79. The summed E-state index contributed by atoms with van der Waals surface area (Å²) < 4.78 is 44.2. The summed E-state index contributed by atoms with van der Waals surface area (Å²) in [5, 5.41) is 5.05. The highest BCUT2D eigenvalue weighted by molar-refractivity contribution is 5.82. The molecule has 2 N–H and O–H groups in total. The van der Waals surface area contributed by atoms with Crippen molar-refractivity contribution < 1.29 is 22.7 Å². The molecule has 1 heterocycles. The molecule has 7 heteroatoms. The summed E-state index contributed by atoms with van der Waals surface area (Å²) in [6.07, 6.45) is -0.0776. The van der Waals surface area contributed by atoms with Crippen LogP contribution in [0.25, 0.3) is 0 Å². The largest absolute Gasteiger partial charge is 0.494 e. The minimum absolute atomic E-state index is 0.153. The van der Waals surface area contributed by atoms with E-state index in [2.05, 4.69) is 10.6 Å². The molecule has 0 aromatic heterocycles. The number of nitrogens with one attached hydrogen (secondary N) is 2. The van der Waals surface area contributed by atoms with Crippen molar-refractivity contribution in [2.24, 2.45) is 0 Å². The van der Waals surface area contributed by atoms with Crippen LogP contribution in [-0.2, 0) is 11.2 Å². The van der Waals surface area contributed by atoms with E-state index in [9.17, 15) is 18.0 Å². The Labute approximate surface area is 120 Å². The van der Waals surface area contributed by atoms with E-state index >= 15 is 0 Å². The lowest BCUT2D eigenvalue weighted by Gasteiger charge is -2.11. The van der Waals surface area contributed by atoms with Gasteiger partial charge in [0.2, 0.25) is 5.91 Å². The van der Waals surface area contributed by atoms with E-state index in [0.717, 1.165) is 0 Å². The lowest BCUT2D eigenvalue weighted by atomic mass is 10.1. The van der Waals surface area contributed by atoms with Crippen molar-refractivity contribution >= 4 is 5.91 Å². The number of amides is 1. The van der Waals surface area contributed by atoms with Gasteiger partial charge < -0.3 is 10.1 Å². The SMILES string of the molecule is COc1ccc(CCNC(=O)C2CC(F)(F)CN2)cc1F. The third-order valence-electron chi connectivity index (χ3n) is 3.36. The molecule has 1 unspecified atom stereocenters. The topological polar surface area (TPSA) is 50.4 Å². The van der Waals surface area contributed by atoms with Gasteiger partial charge in [0.25, 0.3) is 5.92 Å². The molecule has 1 atom stereocenters. The maximum Gasteiger partial charge on any atom is 0.262 e. The average Bonchev–Trinajstić information content (AvgIpc) is 2.79. The molecule has 0 spiro atoms. The molecule has 1 aromatic rings. The van der Waals surface area contributed by atoms with Crippen molar-refractivity contribution in [2.75, 3.05) is 20.2 Å². The molecule has 0 aliphatic carbocycles. The highest BCUT2D eigenvalue weighted by atomic mass is 19.3. The van der Waals surface area contributed by atoms with Crippen molar-refractivity contribution in [3.05, 3.63) is 29.6 Å². The third kappa shape index (κ3) is 4.10. The van der Waals surface area contributed by atoms with E-state index in [1.54, 1.807) is 6.07 Å². The van der Waals surface area contributed by atoms with Crippen molar-refractivity contribution in [3.8, 4) is 5.75 Å². The predicted octanol–water partition coefficient (Wildman–Crippen LogP) is 1.49. The van der Waals surface area contributed by atoms with Gasteiger partial charge in [-0.15, -0.1) is 0 Å². The zero-order valence-electron chi connectivity index (χ0n) is 11.6. The summed E-state index contributed by atoms with van der Waals surface area (Å²) in [6.45, 7) is -0.219. The number of carbonyl (C=O) groups is 1. The minimum Gasteiger partial charge on any atom is -0.494 e. The van der Waals surface area contributed by atoms with Crippen molar-refractivity contribution in [2.45, 2.75) is 24.8 Å². The average molecular weight is 302 g/mol. The van der Waals surface area contributed by atoms with Crippen LogP contribution in [-0.4, -0.2) is 38.1 Å². The number of rotatable bonds is 5. The Bertz CT molecular complexity index is 523. The van der Waals surface area contributed by atoms with Gasteiger partial charge >= 0.3 is 0 Å². The monoisotopic (exact) mass is 302 g/mol. The highest BCUT2D eigenvalue weighted by Gasteiger charge is 2.42. The molecule has 116 valence electrons. The Kier molecular flexibility index (Phi) is 4.72. The number of carbonyl (C=O) groups excluding carboxylic acids is 1. The first kappa shape index (κ1) is 15.6. The minimum atomic E-state index is -2.83. The van der Waals surface area contributed by atoms with Crippen LogP contribution in [0.4, 0.5) is 13.2 Å². The standard InChI is InChI=1S/C14H17F3N2O2/c1-21-12-3-2-9(6-10(12)15)4-5-18-13(20)11-7-14(16,17)8-19-11/h2-3,6,11,19H,4-5,7-8H2,1H3,(H,18,20). The lowest BCUT2D eigenvalue weighted by molar-refractivity contribution is -0.123. The molecule has 1 aliphatic heterocycles. The zero-order chi connectivity index (χ0) is 15.5. The Morgan fingerprint density at radius 2 is 2.29 bits per heavy atom. The summed E-state index contributed by atoms with van der Waals surface area (Å²) in [5.41, 5.74) is 0.693. The van der Waals surface area contributed by atoms with Crippen LogP contribution in [0.1, 0.15) is 12.0 Å². The Morgan fingerprint density at radius 3 is 2.86 bits per heavy atom. The van der Waals surface area contributed by atoms with Gasteiger partial charge in [-0.25, -0.2) is 13.2 Å². The number of benzene rings is 1. The number of hydrogen-bond acceptors (Lipinski definition) is 3. The number of ether oxygens (including phenoxy) is 1. The molecule has 2 rings (SSSR count). The fourth-order valence-electron chi connectivity index (χ4n) is 2.22. The molecule has 0 bridgehead atoms. The third-order valence-corrected chi connectivity index (χ3v) is 3.36. The second-order valence-electron chi connectivity index (χ2n) is 5.00. The van der Waals surface area contributed by atoms with Gasteiger partial charge in [-0.05, 0) is 24.1 Å². The second kappa shape index (κ2) is 6.34. The van der Waals surface area contributed by atoms with Crippen LogP contribution >= 0.6 is 0 Å². The van der Waals surface area contributed by atoms with Crippen LogP contribution in [0.3, 0.4) is 0 Å². The first-order valence-electron chi connectivity index (χ1n) is 6.62. The number of hydrogen-bond donors (Lipinski definition) is 2. The highest BCUT2D eigenvalue weighted by Crippen LogP contribution is 2.25. The summed E-state index contributed by atoms with van der Waals surface area (Å²) in [6, 6.07) is 3.65. The van der Waals surface area contributed by atoms with Gasteiger partial charge in [-0.3, -0.25) is 10.1 Å². The fourth-order valence-corrected chi connectivity index (χ4v) is 2.22. The molecule has 1 saturated heterocycles. The molecule has 0 radical (unpaired) electrons. The van der Waals surface area contributed by atoms with Crippen molar-refractivity contribution in [3.63, 3.8) is 0 Å². The summed E-state index contributed by atoms with van der Waals surface area (Å²) in [4.78, 5) is 11.7. The van der Waals surface area contributed by atoms with E-state index in [0.29, 0.717) is 12.0 Å². The zero-order valence-corrected chi connectivity index (χ0v) is 11.6. The second-order valence-corrected chi connectivity index (χ2v) is 5.00. The van der Waals surface area contributed by atoms with Crippen LogP contribution in [0.15, 0.2) is 18.2 Å². The van der Waals surface area contributed by atoms with E-state index in [-0.39, 0.29) is 12.3 Å². The van der Waals surface area contributed by atoms with Crippen LogP contribution in [0.2, 0.25) is 0 Å². The Hall–Kier alpha value is -1.76. The molecule has 4 nitrogen and oxygen atoms in total. The first-order chi connectivity index (χ1) is 9.91. The predicted molar refractivity (Wildman–Crippen MR) is 71.0 cm³/mol. The molecule has 21 heavy (non-hydrogen) atoms. The molecule has 1 aromatic carbocycles. The number of methoxy groups -OCH3 is 1. The summed E-state index contributed by atoms with van der Waals surface area (Å²) in [7, 11) is 1.38. The maximum atomic E-state index is 13.5. The smallest absolute Gasteiger partial charge is 0.262 e. The summed E-state index contributed by atoms with van der Waals surface area (Å²) in [5.74, 6) is -3.61. The molecular weight excluding hydrogens is 285 g/mol. The van der Waals surface area contributed by atoms with Crippen molar-refractivity contribution in [1.29, 1.82) is 0 Å². The van der Waals surface area contributed by atoms with Crippen molar-refractivity contribution in [1.82, 2.24) is 10.6 Å². The number of halogens is 3. The number of alkyl halides is 2. The fraction of sp³-hybridized carbons (Fsp3) is 0.500.